The summed E-state index contributed by atoms with van der Waals surface area (Å²) in [7, 11) is 0. The number of amides is 1. The van der Waals surface area contributed by atoms with Crippen LogP contribution in [0.1, 0.15) is 11.3 Å². The average Bonchev–Trinajstić information content (AvgIpc) is 3.37. The van der Waals surface area contributed by atoms with E-state index < -0.39 is 0 Å². The first kappa shape index (κ1) is 19.3. The first-order chi connectivity index (χ1) is 15.2. The molecule has 0 radical (unpaired) electrons. The third-order valence-electron chi connectivity index (χ3n) is 5.01. The lowest BCUT2D eigenvalue weighted by Gasteiger charge is -2.17. The molecule has 6 heteroatoms. The largest absolute Gasteiger partial charge is 0.457 e. The summed E-state index contributed by atoms with van der Waals surface area (Å²) in [5, 5.41) is 11.3. The predicted octanol–water partition coefficient (Wildman–Crippen LogP) is 6.38. The molecule has 0 N–H and O–H groups in total. The first-order valence-corrected chi connectivity index (χ1v) is 10.7. The summed E-state index contributed by atoms with van der Waals surface area (Å²) >= 11 is 6.78. The Balaban J connectivity index is 1.49. The number of carbonyl (C=O) groups excluding carboxylic acids is 1. The van der Waals surface area contributed by atoms with E-state index in [1.54, 1.807) is 29.2 Å². The van der Waals surface area contributed by atoms with Crippen LogP contribution in [0, 0.1) is 11.3 Å². The molecule has 3 aromatic carbocycles. The van der Waals surface area contributed by atoms with Gasteiger partial charge in [0.05, 0.1) is 22.2 Å². The number of thiocarbonyl (C=S) groups is 1. The van der Waals surface area contributed by atoms with Gasteiger partial charge in [0.2, 0.25) is 0 Å². The van der Waals surface area contributed by atoms with Gasteiger partial charge < -0.3 is 4.42 Å². The predicted molar refractivity (Wildman–Crippen MR) is 128 cm³/mol. The SMILES string of the molecule is N#Cc1ccccc1-c1ccc(C=C2SC(=S)N(c3cccc4ccccc34)C2=O)o1. The van der Waals surface area contributed by atoms with Crippen molar-refractivity contribution < 1.29 is 9.21 Å². The second-order valence-electron chi connectivity index (χ2n) is 6.87. The van der Waals surface area contributed by atoms with Crippen molar-refractivity contribution in [2.45, 2.75) is 0 Å². The first-order valence-electron chi connectivity index (χ1n) is 9.51. The van der Waals surface area contributed by atoms with Crippen molar-refractivity contribution >= 4 is 56.7 Å². The fourth-order valence-corrected chi connectivity index (χ4v) is 4.84. The summed E-state index contributed by atoms with van der Waals surface area (Å²) in [6, 6.07) is 26.7. The molecule has 0 atom stereocenters. The number of rotatable bonds is 3. The number of furan rings is 1. The van der Waals surface area contributed by atoms with Crippen molar-refractivity contribution in [2.24, 2.45) is 0 Å². The molecule has 4 nitrogen and oxygen atoms in total. The molecule has 148 valence electrons. The second-order valence-corrected chi connectivity index (χ2v) is 8.55. The van der Waals surface area contributed by atoms with Crippen LogP contribution < -0.4 is 4.90 Å². The van der Waals surface area contributed by atoms with Crippen molar-refractivity contribution in [3.63, 3.8) is 0 Å². The zero-order valence-corrected chi connectivity index (χ0v) is 17.7. The zero-order valence-electron chi connectivity index (χ0n) is 16.1. The molecule has 1 aliphatic rings. The van der Waals surface area contributed by atoms with Crippen molar-refractivity contribution in [3.05, 3.63) is 95.1 Å². The number of fused-ring (bicyclic) bond motifs is 1. The van der Waals surface area contributed by atoms with Gasteiger partial charge in [-0.1, -0.05) is 72.5 Å². The molecule has 1 aromatic heterocycles. The summed E-state index contributed by atoms with van der Waals surface area (Å²) < 4.78 is 6.39. The Morgan fingerprint density at radius 2 is 1.74 bits per heavy atom. The van der Waals surface area contributed by atoms with Gasteiger partial charge >= 0.3 is 0 Å². The lowest BCUT2D eigenvalue weighted by atomic mass is 10.1. The van der Waals surface area contributed by atoms with Crippen molar-refractivity contribution in [3.8, 4) is 17.4 Å². The summed E-state index contributed by atoms with van der Waals surface area (Å²) in [6.45, 7) is 0. The Kier molecular flexibility index (Phi) is 4.91. The monoisotopic (exact) mass is 438 g/mol. The van der Waals surface area contributed by atoms with Gasteiger partial charge in [0.1, 0.15) is 11.5 Å². The molecular formula is C25H14N2O2S2. The molecule has 0 bridgehead atoms. The topological polar surface area (TPSA) is 57.2 Å². The average molecular weight is 439 g/mol. The van der Waals surface area contributed by atoms with Crippen LogP contribution >= 0.6 is 24.0 Å². The van der Waals surface area contributed by atoms with E-state index in [0.717, 1.165) is 16.5 Å². The van der Waals surface area contributed by atoms with Gasteiger partial charge in [0, 0.05) is 17.0 Å². The highest BCUT2D eigenvalue weighted by Crippen LogP contribution is 2.39. The fourth-order valence-electron chi connectivity index (χ4n) is 3.58. The molecule has 1 amide bonds. The minimum absolute atomic E-state index is 0.179. The molecule has 4 aromatic rings. The van der Waals surface area contributed by atoms with Gasteiger partial charge in [-0.2, -0.15) is 5.26 Å². The minimum Gasteiger partial charge on any atom is -0.457 e. The van der Waals surface area contributed by atoms with Crippen LogP contribution in [0.25, 0.3) is 28.2 Å². The van der Waals surface area contributed by atoms with Crippen LogP contribution in [0.3, 0.4) is 0 Å². The highest BCUT2D eigenvalue weighted by molar-refractivity contribution is 8.27. The van der Waals surface area contributed by atoms with Crippen LogP contribution in [0.2, 0.25) is 0 Å². The zero-order chi connectivity index (χ0) is 21.4. The van der Waals surface area contributed by atoms with Crippen LogP contribution in [-0.4, -0.2) is 10.2 Å². The molecule has 1 aliphatic heterocycles. The number of benzene rings is 3. The van der Waals surface area contributed by atoms with Crippen LogP contribution in [0.4, 0.5) is 5.69 Å². The molecule has 0 saturated carbocycles. The molecule has 0 spiro atoms. The molecule has 2 heterocycles. The van der Waals surface area contributed by atoms with Crippen molar-refractivity contribution in [1.29, 1.82) is 5.26 Å². The maximum atomic E-state index is 13.2. The lowest BCUT2D eigenvalue weighted by molar-refractivity contribution is -0.113. The lowest BCUT2D eigenvalue weighted by Crippen LogP contribution is -2.27. The summed E-state index contributed by atoms with van der Waals surface area (Å²) in [5.41, 5.74) is 2.02. The van der Waals surface area contributed by atoms with Gasteiger partial charge in [-0.25, -0.2) is 0 Å². The highest BCUT2D eigenvalue weighted by atomic mass is 32.2. The smallest absolute Gasteiger partial charge is 0.270 e. The molecule has 31 heavy (non-hydrogen) atoms. The van der Waals surface area contributed by atoms with E-state index in [2.05, 4.69) is 6.07 Å². The number of nitrogens with zero attached hydrogens (tertiary/aromatic N) is 2. The van der Waals surface area contributed by atoms with Crippen LogP contribution in [-0.2, 0) is 4.79 Å². The van der Waals surface area contributed by atoms with E-state index in [1.165, 1.54) is 11.8 Å². The third-order valence-corrected chi connectivity index (χ3v) is 6.32. The van der Waals surface area contributed by atoms with E-state index in [1.807, 2.05) is 60.7 Å². The van der Waals surface area contributed by atoms with E-state index in [9.17, 15) is 10.1 Å². The van der Waals surface area contributed by atoms with Crippen molar-refractivity contribution in [1.82, 2.24) is 0 Å². The second kappa shape index (κ2) is 7.88. The van der Waals surface area contributed by atoms with Gasteiger partial charge in [-0.05, 0) is 35.7 Å². The normalized spacial score (nSPS) is 15.1. The van der Waals surface area contributed by atoms with E-state index in [4.69, 9.17) is 16.6 Å². The maximum Gasteiger partial charge on any atom is 0.270 e. The number of nitriles is 1. The number of hydrogen-bond acceptors (Lipinski definition) is 5. The Morgan fingerprint density at radius 3 is 2.61 bits per heavy atom. The summed E-state index contributed by atoms with van der Waals surface area (Å²) in [5.74, 6) is 0.927. The number of carbonyl (C=O) groups is 1. The van der Waals surface area contributed by atoms with E-state index in [0.29, 0.717) is 31.9 Å². The van der Waals surface area contributed by atoms with Gasteiger partial charge in [0.25, 0.3) is 5.91 Å². The molecule has 0 unspecified atom stereocenters. The summed E-state index contributed by atoms with van der Waals surface area (Å²) in [6.07, 6.45) is 1.70. The van der Waals surface area contributed by atoms with Gasteiger partial charge in [0.15, 0.2) is 4.32 Å². The Hall–Kier alpha value is -3.66. The minimum atomic E-state index is -0.179. The van der Waals surface area contributed by atoms with Gasteiger partial charge in [-0.15, -0.1) is 0 Å². The molecule has 1 fully saturated rings. The molecule has 1 saturated heterocycles. The van der Waals surface area contributed by atoms with Crippen LogP contribution in [0.15, 0.2) is 88.2 Å². The highest BCUT2D eigenvalue weighted by Gasteiger charge is 2.34. The van der Waals surface area contributed by atoms with E-state index >= 15 is 0 Å². The number of hydrogen-bond donors (Lipinski definition) is 0. The van der Waals surface area contributed by atoms with E-state index in [-0.39, 0.29) is 5.91 Å². The quantitative estimate of drug-likeness (QED) is 0.274. The molecule has 0 aliphatic carbocycles. The fraction of sp³-hybridized carbons (Fsp3) is 0. The molecule has 5 rings (SSSR count). The Bertz CT molecular complexity index is 1420. The molecular weight excluding hydrogens is 424 g/mol. The number of anilines is 1. The Labute approximate surface area is 188 Å². The Morgan fingerprint density at radius 1 is 0.968 bits per heavy atom. The van der Waals surface area contributed by atoms with Gasteiger partial charge in [-0.3, -0.25) is 9.69 Å². The third kappa shape index (κ3) is 3.44. The maximum absolute atomic E-state index is 13.2. The summed E-state index contributed by atoms with van der Waals surface area (Å²) in [4.78, 5) is 15.3. The number of thioether (sulfide) groups is 1. The standard InChI is InChI=1S/C25H14N2O2S2/c26-15-17-7-2-4-10-20(17)22-13-12-18(29-22)14-23-24(28)27(25(30)31-23)21-11-5-8-16-6-1-3-9-19(16)21/h1-14H. The van der Waals surface area contributed by atoms with Crippen molar-refractivity contribution in [2.75, 3.05) is 4.90 Å². The van der Waals surface area contributed by atoms with Crippen LogP contribution in [0.5, 0.6) is 0 Å².